The topological polar surface area (TPSA) is 33.2 Å². The lowest BCUT2D eigenvalue weighted by atomic mass is 9.89. The minimum atomic E-state index is -0.308. The van der Waals surface area contributed by atoms with Gasteiger partial charge in [0, 0.05) is 33.5 Å². The molecule has 0 bridgehead atoms. The van der Waals surface area contributed by atoms with Crippen molar-refractivity contribution in [3.8, 4) is 11.3 Å². The van der Waals surface area contributed by atoms with E-state index in [0.29, 0.717) is 5.56 Å². The number of carbonyl (C=O) groups is 1. The molecule has 0 unspecified atom stereocenters. The Morgan fingerprint density at radius 1 is 1.13 bits per heavy atom. The number of ketones is 1. The Morgan fingerprint density at radius 2 is 1.80 bits per heavy atom. The van der Waals surface area contributed by atoms with Crippen molar-refractivity contribution in [1.29, 1.82) is 0 Å². The van der Waals surface area contributed by atoms with Gasteiger partial charge in [-0.05, 0) is 75.7 Å². The molecule has 3 nitrogen and oxygen atoms in total. The summed E-state index contributed by atoms with van der Waals surface area (Å²) in [7, 11) is 0. The second-order valence-corrected chi connectivity index (χ2v) is 9.47. The summed E-state index contributed by atoms with van der Waals surface area (Å²) in [6.07, 6.45) is 2.64. The minimum absolute atomic E-state index is 0.0296. The molecular weight excluding hydrogens is 419 g/mol. The van der Waals surface area contributed by atoms with Gasteiger partial charge in [0.25, 0.3) is 0 Å². The number of rotatable bonds is 6. The first-order valence-electron chi connectivity index (χ1n) is 10.2. The van der Waals surface area contributed by atoms with E-state index in [-0.39, 0.29) is 17.5 Å². The number of carbonyl (C=O) groups excluding carboxylic acids is 1. The Balaban J connectivity index is 1.34. The van der Waals surface area contributed by atoms with E-state index in [1.54, 1.807) is 23.5 Å². The SMILES string of the molecule is Cc1nc(-c2ccc(Cl)cc2)c(CCN2CCC(C(=O)c3ccc(F)cc3)CC2)s1. The summed E-state index contributed by atoms with van der Waals surface area (Å²) < 4.78 is 13.1. The number of hydrogen-bond acceptors (Lipinski definition) is 4. The van der Waals surface area contributed by atoms with Crippen LogP contribution in [0, 0.1) is 18.7 Å². The van der Waals surface area contributed by atoms with Gasteiger partial charge < -0.3 is 4.90 Å². The number of likely N-dealkylation sites (tertiary alicyclic amines) is 1. The molecule has 156 valence electrons. The van der Waals surface area contributed by atoms with Gasteiger partial charge >= 0.3 is 0 Å². The molecular formula is C24H24ClFN2OS. The van der Waals surface area contributed by atoms with E-state index in [0.717, 1.165) is 60.2 Å². The third-order valence-electron chi connectivity index (χ3n) is 5.66. The third-order valence-corrected chi connectivity index (χ3v) is 6.95. The van der Waals surface area contributed by atoms with Gasteiger partial charge in [0.1, 0.15) is 5.82 Å². The normalized spacial score (nSPS) is 15.4. The monoisotopic (exact) mass is 442 g/mol. The zero-order chi connectivity index (χ0) is 21.1. The predicted octanol–water partition coefficient (Wildman–Crippen LogP) is 6.05. The summed E-state index contributed by atoms with van der Waals surface area (Å²) in [4.78, 5) is 21.1. The Morgan fingerprint density at radius 3 is 2.47 bits per heavy atom. The van der Waals surface area contributed by atoms with Crippen LogP contribution < -0.4 is 0 Å². The highest BCUT2D eigenvalue weighted by Gasteiger charge is 2.26. The lowest BCUT2D eigenvalue weighted by Gasteiger charge is -2.31. The highest BCUT2D eigenvalue weighted by Crippen LogP contribution is 2.30. The maximum absolute atomic E-state index is 13.1. The number of piperidine rings is 1. The van der Waals surface area contributed by atoms with E-state index in [1.807, 2.05) is 31.2 Å². The molecule has 6 heteroatoms. The molecule has 0 spiro atoms. The average Bonchev–Trinajstić information content (AvgIpc) is 3.14. The van der Waals surface area contributed by atoms with Crippen molar-refractivity contribution in [2.45, 2.75) is 26.2 Å². The van der Waals surface area contributed by atoms with Crippen LogP contribution in [0.4, 0.5) is 4.39 Å². The van der Waals surface area contributed by atoms with Crippen LogP contribution in [0.1, 0.15) is 33.1 Å². The summed E-state index contributed by atoms with van der Waals surface area (Å²) in [6, 6.07) is 13.7. The number of aryl methyl sites for hydroxylation is 1. The van der Waals surface area contributed by atoms with Gasteiger partial charge in [-0.25, -0.2) is 9.37 Å². The summed E-state index contributed by atoms with van der Waals surface area (Å²) in [5.74, 6) is -0.141. The van der Waals surface area contributed by atoms with Crippen molar-refractivity contribution >= 4 is 28.7 Å². The fourth-order valence-corrected chi connectivity index (χ4v) is 5.07. The summed E-state index contributed by atoms with van der Waals surface area (Å²) in [5, 5.41) is 1.80. The fraction of sp³-hybridized carbons (Fsp3) is 0.333. The maximum atomic E-state index is 13.1. The maximum Gasteiger partial charge on any atom is 0.166 e. The van der Waals surface area contributed by atoms with Gasteiger partial charge in [0.05, 0.1) is 10.7 Å². The van der Waals surface area contributed by atoms with Gasteiger partial charge in [0.2, 0.25) is 0 Å². The molecule has 1 aromatic heterocycles. The van der Waals surface area contributed by atoms with Crippen molar-refractivity contribution in [3.63, 3.8) is 0 Å². The first-order chi connectivity index (χ1) is 14.5. The first-order valence-corrected chi connectivity index (χ1v) is 11.4. The summed E-state index contributed by atoms with van der Waals surface area (Å²) in [5.41, 5.74) is 2.76. The van der Waals surface area contributed by atoms with Gasteiger partial charge in [-0.1, -0.05) is 23.7 Å². The zero-order valence-electron chi connectivity index (χ0n) is 16.9. The quantitative estimate of drug-likeness (QED) is 0.436. The average molecular weight is 443 g/mol. The predicted molar refractivity (Wildman–Crippen MR) is 121 cm³/mol. The third kappa shape index (κ3) is 4.97. The molecule has 3 aromatic rings. The molecule has 2 aromatic carbocycles. The molecule has 1 aliphatic heterocycles. The largest absolute Gasteiger partial charge is 0.303 e. The van der Waals surface area contributed by atoms with Crippen molar-refractivity contribution in [3.05, 3.63) is 74.8 Å². The highest BCUT2D eigenvalue weighted by molar-refractivity contribution is 7.12. The van der Waals surface area contributed by atoms with E-state index in [1.165, 1.54) is 17.0 Å². The Hall–Kier alpha value is -2.08. The van der Waals surface area contributed by atoms with Crippen LogP contribution in [0.2, 0.25) is 5.02 Å². The standard InChI is InChI=1S/C24H24ClFN2OS/c1-16-27-23(17-2-6-20(25)7-3-17)22(30-16)12-15-28-13-10-19(11-14-28)24(29)18-4-8-21(26)9-5-18/h2-9,19H,10-15H2,1H3. The smallest absolute Gasteiger partial charge is 0.166 e. The summed E-state index contributed by atoms with van der Waals surface area (Å²) >= 11 is 7.77. The lowest BCUT2D eigenvalue weighted by molar-refractivity contribution is 0.0841. The molecule has 0 atom stereocenters. The van der Waals surface area contributed by atoms with Crippen LogP contribution in [0.5, 0.6) is 0 Å². The van der Waals surface area contributed by atoms with E-state index in [2.05, 4.69) is 4.90 Å². The van der Waals surface area contributed by atoms with Crippen LogP contribution in [-0.2, 0) is 6.42 Å². The number of thiazole rings is 1. The molecule has 30 heavy (non-hydrogen) atoms. The van der Waals surface area contributed by atoms with Gasteiger partial charge in [-0.2, -0.15) is 0 Å². The van der Waals surface area contributed by atoms with Crippen molar-refractivity contribution in [2.24, 2.45) is 5.92 Å². The van der Waals surface area contributed by atoms with Crippen LogP contribution in [0.25, 0.3) is 11.3 Å². The van der Waals surface area contributed by atoms with E-state index >= 15 is 0 Å². The number of hydrogen-bond donors (Lipinski definition) is 0. The number of benzene rings is 2. The van der Waals surface area contributed by atoms with Crippen LogP contribution in [-0.4, -0.2) is 35.3 Å². The molecule has 0 radical (unpaired) electrons. The van der Waals surface area contributed by atoms with Gasteiger partial charge in [-0.3, -0.25) is 4.79 Å². The fourth-order valence-electron chi connectivity index (χ4n) is 4.00. The van der Waals surface area contributed by atoms with Crippen molar-refractivity contribution in [2.75, 3.05) is 19.6 Å². The van der Waals surface area contributed by atoms with E-state index in [9.17, 15) is 9.18 Å². The number of nitrogens with zero attached hydrogens (tertiary/aromatic N) is 2. The first kappa shape index (κ1) is 21.2. The molecule has 1 fully saturated rings. The lowest BCUT2D eigenvalue weighted by Crippen LogP contribution is -2.37. The van der Waals surface area contributed by atoms with Crippen LogP contribution in [0.3, 0.4) is 0 Å². The number of aromatic nitrogens is 1. The second kappa shape index (κ2) is 9.38. The Kier molecular flexibility index (Phi) is 6.61. The molecule has 2 heterocycles. The molecule has 0 saturated carbocycles. The van der Waals surface area contributed by atoms with Crippen LogP contribution >= 0.6 is 22.9 Å². The molecule has 1 saturated heterocycles. The van der Waals surface area contributed by atoms with Gasteiger partial charge in [-0.15, -0.1) is 11.3 Å². The molecule has 0 amide bonds. The second-order valence-electron chi connectivity index (χ2n) is 7.75. The van der Waals surface area contributed by atoms with E-state index < -0.39 is 0 Å². The highest BCUT2D eigenvalue weighted by atomic mass is 35.5. The molecule has 1 aliphatic rings. The van der Waals surface area contributed by atoms with E-state index in [4.69, 9.17) is 16.6 Å². The molecule has 0 N–H and O–H groups in total. The van der Waals surface area contributed by atoms with Crippen molar-refractivity contribution in [1.82, 2.24) is 9.88 Å². The molecule has 4 rings (SSSR count). The van der Waals surface area contributed by atoms with Crippen molar-refractivity contribution < 1.29 is 9.18 Å². The number of Topliss-reactive ketones (excluding diaryl/α,β-unsaturated/α-hetero) is 1. The Labute approximate surface area is 185 Å². The minimum Gasteiger partial charge on any atom is -0.303 e. The van der Waals surface area contributed by atoms with Crippen LogP contribution in [0.15, 0.2) is 48.5 Å². The summed E-state index contributed by atoms with van der Waals surface area (Å²) in [6.45, 7) is 4.82. The molecule has 0 aliphatic carbocycles. The number of halogens is 2. The Bertz CT molecular complexity index is 1010. The zero-order valence-corrected chi connectivity index (χ0v) is 18.5. The van der Waals surface area contributed by atoms with Gasteiger partial charge in [0.15, 0.2) is 5.78 Å².